The zero-order chi connectivity index (χ0) is 24.9. The van der Waals surface area contributed by atoms with Crippen LogP contribution in [-0.4, -0.2) is 35.1 Å². The number of benzene rings is 3. The summed E-state index contributed by atoms with van der Waals surface area (Å²) in [6.07, 6.45) is 2.18. The van der Waals surface area contributed by atoms with Crippen molar-refractivity contribution in [1.82, 2.24) is 10.2 Å². The minimum Gasteiger partial charge on any atom is -0.354 e. The molecule has 0 fully saturated rings. The van der Waals surface area contributed by atoms with Crippen LogP contribution in [0.2, 0.25) is 0 Å². The molecule has 3 aromatic carbocycles. The number of nitrogens with one attached hydrogen (secondary N) is 1. The van der Waals surface area contributed by atoms with Crippen LogP contribution < -0.4 is 5.32 Å². The molecule has 0 aliphatic carbocycles. The van der Waals surface area contributed by atoms with Crippen LogP contribution in [0, 0.1) is 5.82 Å². The Bertz CT molecular complexity index is 1060. The van der Waals surface area contributed by atoms with Crippen LogP contribution in [-0.2, 0) is 28.3 Å². The predicted molar refractivity (Wildman–Crippen MR) is 141 cm³/mol. The summed E-state index contributed by atoms with van der Waals surface area (Å²) in [6, 6.07) is 25.3. The normalized spacial score (nSPS) is 11.6. The highest BCUT2D eigenvalue weighted by Crippen LogP contribution is 2.19. The number of hydrogen-bond acceptors (Lipinski definition) is 3. The Labute approximate surface area is 211 Å². The minimum atomic E-state index is -0.737. The molecule has 3 aromatic rings. The lowest BCUT2D eigenvalue weighted by atomic mass is 10.0. The number of carbonyl (C=O) groups excluding carboxylic acids is 2. The number of rotatable bonds is 13. The van der Waals surface area contributed by atoms with E-state index >= 15 is 0 Å². The highest BCUT2D eigenvalue weighted by molar-refractivity contribution is 7.99. The fourth-order valence-electron chi connectivity index (χ4n) is 3.78. The average molecular weight is 493 g/mol. The van der Waals surface area contributed by atoms with Crippen LogP contribution >= 0.6 is 11.8 Å². The van der Waals surface area contributed by atoms with Crippen molar-refractivity contribution in [2.24, 2.45) is 0 Å². The maximum atomic E-state index is 14.6. The fourth-order valence-corrected chi connectivity index (χ4v) is 4.65. The summed E-state index contributed by atoms with van der Waals surface area (Å²) < 4.78 is 14.6. The van der Waals surface area contributed by atoms with Gasteiger partial charge in [0.25, 0.3) is 0 Å². The van der Waals surface area contributed by atoms with Crippen molar-refractivity contribution < 1.29 is 14.0 Å². The molecule has 6 heteroatoms. The Morgan fingerprint density at radius 2 is 1.54 bits per heavy atom. The third-order valence-corrected chi connectivity index (χ3v) is 6.72. The summed E-state index contributed by atoms with van der Waals surface area (Å²) in [5.41, 5.74) is 2.48. The molecule has 0 unspecified atom stereocenters. The SMILES string of the molecule is CCCCNC(=O)[C@H](Cc1ccccc1)N(Cc1ccccc1F)C(=O)CSCc1ccccc1. The summed E-state index contributed by atoms with van der Waals surface area (Å²) in [5, 5.41) is 2.99. The van der Waals surface area contributed by atoms with Gasteiger partial charge in [0.05, 0.1) is 5.75 Å². The molecule has 0 aliphatic heterocycles. The van der Waals surface area contributed by atoms with Crippen LogP contribution in [0.4, 0.5) is 4.39 Å². The highest BCUT2D eigenvalue weighted by Gasteiger charge is 2.30. The average Bonchev–Trinajstić information content (AvgIpc) is 2.88. The Kier molecular flexibility index (Phi) is 10.8. The van der Waals surface area contributed by atoms with E-state index in [0.717, 1.165) is 24.0 Å². The summed E-state index contributed by atoms with van der Waals surface area (Å²) in [5.74, 6) is 0.121. The lowest BCUT2D eigenvalue weighted by molar-refractivity contribution is -0.139. The van der Waals surface area contributed by atoms with Crippen LogP contribution in [0.25, 0.3) is 0 Å². The Balaban J connectivity index is 1.84. The Hall–Kier alpha value is -3.12. The molecule has 0 heterocycles. The maximum absolute atomic E-state index is 14.6. The molecule has 0 saturated heterocycles. The van der Waals surface area contributed by atoms with E-state index in [0.29, 0.717) is 24.3 Å². The van der Waals surface area contributed by atoms with Gasteiger partial charge in [0.2, 0.25) is 11.8 Å². The van der Waals surface area contributed by atoms with E-state index < -0.39 is 6.04 Å². The van der Waals surface area contributed by atoms with Crippen LogP contribution in [0.1, 0.15) is 36.5 Å². The van der Waals surface area contributed by atoms with Crippen molar-refractivity contribution in [2.75, 3.05) is 12.3 Å². The van der Waals surface area contributed by atoms with Crippen LogP contribution in [0.15, 0.2) is 84.9 Å². The molecule has 0 aliphatic rings. The molecule has 0 aromatic heterocycles. The number of hydrogen-bond donors (Lipinski definition) is 1. The van der Waals surface area contributed by atoms with Gasteiger partial charge >= 0.3 is 0 Å². The van der Waals surface area contributed by atoms with Gasteiger partial charge < -0.3 is 10.2 Å². The minimum absolute atomic E-state index is 0.0378. The van der Waals surface area contributed by atoms with Crippen molar-refractivity contribution in [1.29, 1.82) is 0 Å². The first-order chi connectivity index (χ1) is 17.1. The number of nitrogens with zero attached hydrogens (tertiary/aromatic N) is 1. The molecular formula is C29H33FN2O2S. The first kappa shape index (κ1) is 26.5. The monoisotopic (exact) mass is 492 g/mol. The largest absolute Gasteiger partial charge is 0.354 e. The van der Waals surface area contributed by atoms with Crippen molar-refractivity contribution >= 4 is 23.6 Å². The second-order valence-corrected chi connectivity index (χ2v) is 9.43. The van der Waals surface area contributed by atoms with Gasteiger partial charge in [-0.15, -0.1) is 11.8 Å². The summed E-state index contributed by atoms with van der Waals surface area (Å²) >= 11 is 1.50. The molecule has 184 valence electrons. The zero-order valence-electron chi connectivity index (χ0n) is 20.2. The summed E-state index contributed by atoms with van der Waals surface area (Å²) in [4.78, 5) is 28.4. The summed E-state index contributed by atoms with van der Waals surface area (Å²) in [7, 11) is 0. The van der Waals surface area contributed by atoms with E-state index in [9.17, 15) is 14.0 Å². The van der Waals surface area contributed by atoms with Gasteiger partial charge in [-0.1, -0.05) is 92.2 Å². The van der Waals surface area contributed by atoms with E-state index in [1.54, 1.807) is 23.1 Å². The molecule has 2 amide bonds. The van der Waals surface area contributed by atoms with E-state index in [2.05, 4.69) is 12.2 Å². The Morgan fingerprint density at radius 3 is 2.20 bits per heavy atom. The standard InChI is InChI=1S/C29H33FN2O2S/c1-2-3-18-31-29(34)27(19-23-12-6-4-7-13-23)32(20-25-16-10-11-17-26(25)30)28(33)22-35-21-24-14-8-5-9-15-24/h4-17,27H,2-3,18-22H2,1H3,(H,31,34)/t27-/m0/s1. The van der Waals surface area contributed by atoms with E-state index in [4.69, 9.17) is 0 Å². The van der Waals surface area contributed by atoms with Crippen LogP contribution in [0.3, 0.4) is 0 Å². The molecule has 0 radical (unpaired) electrons. The van der Waals surface area contributed by atoms with Gasteiger partial charge in [0.15, 0.2) is 0 Å². The number of carbonyl (C=O) groups is 2. The smallest absolute Gasteiger partial charge is 0.243 e. The Morgan fingerprint density at radius 1 is 0.914 bits per heavy atom. The number of amides is 2. The second-order valence-electron chi connectivity index (χ2n) is 8.44. The zero-order valence-corrected chi connectivity index (χ0v) is 21.0. The van der Waals surface area contributed by atoms with Gasteiger partial charge in [-0.3, -0.25) is 9.59 Å². The molecule has 0 spiro atoms. The first-order valence-electron chi connectivity index (χ1n) is 12.0. The van der Waals surface area contributed by atoms with E-state index in [1.165, 1.54) is 17.8 Å². The van der Waals surface area contributed by atoms with Gasteiger partial charge in [-0.2, -0.15) is 0 Å². The van der Waals surface area contributed by atoms with Gasteiger partial charge in [0.1, 0.15) is 11.9 Å². The van der Waals surface area contributed by atoms with Gasteiger partial charge in [-0.25, -0.2) is 4.39 Å². The summed E-state index contributed by atoms with van der Waals surface area (Å²) in [6.45, 7) is 2.65. The predicted octanol–water partition coefficient (Wildman–Crippen LogP) is 5.62. The molecule has 0 saturated carbocycles. The number of unbranched alkanes of at least 4 members (excludes halogenated alkanes) is 1. The molecule has 4 nitrogen and oxygen atoms in total. The maximum Gasteiger partial charge on any atom is 0.243 e. The highest BCUT2D eigenvalue weighted by atomic mass is 32.2. The van der Waals surface area contributed by atoms with E-state index in [-0.39, 0.29) is 29.9 Å². The lowest BCUT2D eigenvalue weighted by Crippen LogP contribution is -2.51. The lowest BCUT2D eigenvalue weighted by Gasteiger charge is -2.31. The van der Waals surface area contributed by atoms with Crippen molar-refractivity contribution in [3.05, 3.63) is 107 Å². The van der Waals surface area contributed by atoms with E-state index in [1.807, 2.05) is 60.7 Å². The van der Waals surface area contributed by atoms with Gasteiger partial charge in [0, 0.05) is 30.8 Å². The van der Waals surface area contributed by atoms with Crippen molar-refractivity contribution in [3.8, 4) is 0 Å². The fraction of sp³-hybridized carbons (Fsp3) is 0.310. The third-order valence-electron chi connectivity index (χ3n) is 5.74. The van der Waals surface area contributed by atoms with Gasteiger partial charge in [-0.05, 0) is 23.6 Å². The molecule has 35 heavy (non-hydrogen) atoms. The molecule has 1 atom stereocenters. The first-order valence-corrected chi connectivity index (χ1v) is 13.2. The second kappa shape index (κ2) is 14.3. The third kappa shape index (κ3) is 8.55. The molecule has 0 bridgehead atoms. The van der Waals surface area contributed by atoms with Crippen LogP contribution in [0.5, 0.6) is 0 Å². The van der Waals surface area contributed by atoms with Crippen molar-refractivity contribution in [3.63, 3.8) is 0 Å². The number of thioether (sulfide) groups is 1. The molecule has 3 rings (SSSR count). The topological polar surface area (TPSA) is 49.4 Å². The molecule has 1 N–H and O–H groups in total. The van der Waals surface area contributed by atoms with Crippen molar-refractivity contribution in [2.45, 2.75) is 44.5 Å². The quantitative estimate of drug-likeness (QED) is 0.315. The number of halogens is 1. The molecular weight excluding hydrogens is 459 g/mol.